The predicted molar refractivity (Wildman–Crippen MR) is 107 cm³/mol. The number of rotatable bonds is 5. The number of carbonyl (C=O) groups is 1. The Morgan fingerprint density at radius 2 is 1.96 bits per heavy atom. The van der Waals surface area contributed by atoms with E-state index in [1.807, 2.05) is 36.4 Å². The van der Waals surface area contributed by atoms with Gasteiger partial charge >= 0.3 is 0 Å². The van der Waals surface area contributed by atoms with E-state index in [0.29, 0.717) is 13.0 Å². The molecule has 0 N–H and O–H groups in total. The minimum Gasteiger partial charge on any atom is -0.497 e. The molecular weight excluding hydrogens is 354 g/mol. The van der Waals surface area contributed by atoms with Crippen LogP contribution in [0.15, 0.2) is 52.2 Å². The lowest BCUT2D eigenvalue weighted by Gasteiger charge is -2.31. The fourth-order valence-corrected chi connectivity index (χ4v) is 3.88. The summed E-state index contributed by atoms with van der Waals surface area (Å²) in [7, 11) is 1.65. The number of benzene rings is 1. The maximum absolute atomic E-state index is 13.1. The van der Waals surface area contributed by atoms with Gasteiger partial charge in [0.05, 0.1) is 25.6 Å². The van der Waals surface area contributed by atoms with Gasteiger partial charge < -0.3 is 9.15 Å². The van der Waals surface area contributed by atoms with Crippen molar-refractivity contribution in [2.75, 3.05) is 26.7 Å². The van der Waals surface area contributed by atoms with Gasteiger partial charge in [0.1, 0.15) is 17.6 Å². The van der Waals surface area contributed by atoms with Crippen LogP contribution in [-0.4, -0.2) is 48.3 Å². The molecule has 1 aromatic carbocycles. The molecule has 1 fully saturated rings. The highest BCUT2D eigenvalue weighted by Crippen LogP contribution is 2.33. The van der Waals surface area contributed by atoms with E-state index in [9.17, 15) is 4.79 Å². The molecule has 1 aromatic heterocycles. The Morgan fingerprint density at radius 1 is 1.21 bits per heavy atom. The summed E-state index contributed by atoms with van der Waals surface area (Å²) in [4.78, 5) is 15.3. The standard InChI is InChI=1S/C22H27N3O3/c1-16-9-11-24(12-10-16)15-22(26)25-20(21-4-3-13-28-21)14-19(23-25)17-5-7-18(27-2)8-6-17/h3-8,13,16,20H,9-12,14-15H2,1-2H3. The number of hydrogen-bond acceptors (Lipinski definition) is 5. The maximum Gasteiger partial charge on any atom is 0.257 e. The molecular formula is C22H27N3O3. The third-order valence-electron chi connectivity index (χ3n) is 5.70. The van der Waals surface area contributed by atoms with Gasteiger partial charge in [-0.25, -0.2) is 5.01 Å². The second-order valence-electron chi connectivity index (χ2n) is 7.71. The van der Waals surface area contributed by atoms with Gasteiger partial charge in [0.15, 0.2) is 0 Å². The van der Waals surface area contributed by atoms with Gasteiger partial charge in [-0.2, -0.15) is 5.10 Å². The van der Waals surface area contributed by atoms with Crippen molar-refractivity contribution in [3.8, 4) is 5.75 Å². The van der Waals surface area contributed by atoms with Crippen LogP contribution in [-0.2, 0) is 4.79 Å². The zero-order valence-corrected chi connectivity index (χ0v) is 16.5. The molecule has 6 nitrogen and oxygen atoms in total. The van der Waals surface area contributed by atoms with Crippen molar-refractivity contribution in [1.29, 1.82) is 0 Å². The van der Waals surface area contributed by atoms with E-state index in [0.717, 1.165) is 54.6 Å². The Labute approximate surface area is 165 Å². The van der Waals surface area contributed by atoms with Crippen molar-refractivity contribution in [2.24, 2.45) is 11.0 Å². The van der Waals surface area contributed by atoms with Crippen LogP contribution in [0.5, 0.6) is 5.75 Å². The van der Waals surface area contributed by atoms with E-state index >= 15 is 0 Å². The first-order valence-electron chi connectivity index (χ1n) is 9.94. The zero-order chi connectivity index (χ0) is 19.5. The normalized spacial score (nSPS) is 21.0. The monoisotopic (exact) mass is 381 g/mol. The highest BCUT2D eigenvalue weighted by Gasteiger charge is 2.35. The van der Waals surface area contributed by atoms with Gasteiger partial charge in [-0.1, -0.05) is 6.92 Å². The topological polar surface area (TPSA) is 58.3 Å². The molecule has 0 bridgehead atoms. The quantitative estimate of drug-likeness (QED) is 0.792. The zero-order valence-electron chi connectivity index (χ0n) is 16.5. The van der Waals surface area contributed by atoms with Crippen molar-refractivity contribution in [1.82, 2.24) is 9.91 Å². The summed E-state index contributed by atoms with van der Waals surface area (Å²) >= 11 is 0. The summed E-state index contributed by atoms with van der Waals surface area (Å²) in [5.41, 5.74) is 1.89. The average Bonchev–Trinajstić information content (AvgIpc) is 3.39. The predicted octanol–water partition coefficient (Wildman–Crippen LogP) is 3.70. The Morgan fingerprint density at radius 3 is 2.61 bits per heavy atom. The highest BCUT2D eigenvalue weighted by atomic mass is 16.5. The lowest BCUT2D eigenvalue weighted by Crippen LogP contribution is -2.41. The van der Waals surface area contributed by atoms with Gasteiger partial charge in [-0.3, -0.25) is 9.69 Å². The number of ether oxygens (including phenoxy) is 1. The van der Waals surface area contributed by atoms with Gasteiger partial charge in [-0.15, -0.1) is 0 Å². The minimum absolute atomic E-state index is 0.0273. The number of hydrazone groups is 1. The van der Waals surface area contributed by atoms with E-state index in [1.165, 1.54) is 0 Å². The molecule has 4 rings (SSSR count). The number of amides is 1. The van der Waals surface area contributed by atoms with Gasteiger partial charge in [0.2, 0.25) is 0 Å². The van der Waals surface area contributed by atoms with Gasteiger partial charge in [0, 0.05) is 6.42 Å². The van der Waals surface area contributed by atoms with Crippen LogP contribution in [0, 0.1) is 5.92 Å². The molecule has 0 radical (unpaired) electrons. The molecule has 1 atom stereocenters. The van der Waals surface area contributed by atoms with Crippen molar-refractivity contribution < 1.29 is 13.9 Å². The summed E-state index contributed by atoms with van der Waals surface area (Å²) < 4.78 is 10.9. The summed E-state index contributed by atoms with van der Waals surface area (Å²) in [5.74, 6) is 2.35. The molecule has 1 amide bonds. The largest absolute Gasteiger partial charge is 0.497 e. The van der Waals surface area contributed by atoms with Crippen molar-refractivity contribution in [3.05, 3.63) is 54.0 Å². The summed E-state index contributed by atoms with van der Waals surface area (Å²) in [5, 5.41) is 6.33. The molecule has 1 unspecified atom stereocenters. The smallest absolute Gasteiger partial charge is 0.257 e. The Balaban J connectivity index is 1.53. The van der Waals surface area contributed by atoms with Crippen LogP contribution in [0.25, 0.3) is 0 Å². The van der Waals surface area contributed by atoms with Crippen LogP contribution in [0.2, 0.25) is 0 Å². The SMILES string of the molecule is COc1ccc(C2=NN(C(=O)CN3CCC(C)CC3)C(c3ccco3)C2)cc1. The van der Waals surface area contributed by atoms with Gasteiger partial charge in [0.25, 0.3) is 5.91 Å². The summed E-state index contributed by atoms with van der Waals surface area (Å²) in [6.45, 7) is 4.63. The maximum atomic E-state index is 13.1. The lowest BCUT2D eigenvalue weighted by atomic mass is 9.99. The second-order valence-corrected chi connectivity index (χ2v) is 7.71. The molecule has 0 spiro atoms. The summed E-state index contributed by atoms with van der Waals surface area (Å²) in [6, 6.07) is 11.4. The second kappa shape index (κ2) is 8.19. The average molecular weight is 381 g/mol. The number of piperidine rings is 1. The molecule has 0 aliphatic carbocycles. The van der Waals surface area contributed by atoms with Crippen LogP contribution < -0.4 is 4.74 Å². The first kappa shape index (κ1) is 18.7. The van der Waals surface area contributed by atoms with Crippen LogP contribution >= 0.6 is 0 Å². The number of methoxy groups -OCH3 is 1. The number of hydrogen-bond donors (Lipinski definition) is 0. The molecule has 148 valence electrons. The van der Waals surface area contributed by atoms with Crippen LogP contribution in [0.4, 0.5) is 0 Å². The fraction of sp³-hybridized carbons (Fsp3) is 0.455. The van der Waals surface area contributed by atoms with Crippen LogP contribution in [0.1, 0.15) is 43.6 Å². The summed E-state index contributed by atoms with van der Waals surface area (Å²) in [6.07, 6.45) is 4.59. The third kappa shape index (κ3) is 3.97. The fourth-order valence-electron chi connectivity index (χ4n) is 3.88. The number of likely N-dealkylation sites (tertiary alicyclic amines) is 1. The lowest BCUT2D eigenvalue weighted by molar-refractivity contribution is -0.134. The van der Waals surface area contributed by atoms with E-state index < -0.39 is 0 Å². The van der Waals surface area contributed by atoms with E-state index in [1.54, 1.807) is 18.4 Å². The van der Waals surface area contributed by atoms with E-state index in [2.05, 4.69) is 11.8 Å². The van der Waals surface area contributed by atoms with Crippen molar-refractivity contribution >= 4 is 11.6 Å². The molecule has 1 saturated heterocycles. The molecule has 6 heteroatoms. The Kier molecular flexibility index (Phi) is 5.48. The third-order valence-corrected chi connectivity index (χ3v) is 5.70. The van der Waals surface area contributed by atoms with Crippen LogP contribution in [0.3, 0.4) is 0 Å². The van der Waals surface area contributed by atoms with Crippen molar-refractivity contribution in [3.63, 3.8) is 0 Å². The molecule has 0 saturated carbocycles. The molecule has 2 aromatic rings. The molecule has 2 aliphatic rings. The van der Waals surface area contributed by atoms with E-state index in [-0.39, 0.29) is 11.9 Å². The number of nitrogens with zero attached hydrogens (tertiary/aromatic N) is 3. The molecule has 2 aliphatic heterocycles. The number of furan rings is 1. The Bertz CT molecular complexity index is 821. The molecule has 28 heavy (non-hydrogen) atoms. The number of carbonyl (C=O) groups excluding carboxylic acids is 1. The molecule has 3 heterocycles. The van der Waals surface area contributed by atoms with E-state index in [4.69, 9.17) is 14.3 Å². The Hall–Kier alpha value is -2.60. The van der Waals surface area contributed by atoms with Gasteiger partial charge in [-0.05, 0) is 73.8 Å². The van der Waals surface area contributed by atoms with Crippen molar-refractivity contribution in [2.45, 2.75) is 32.2 Å². The first-order chi connectivity index (χ1) is 13.6. The highest BCUT2D eigenvalue weighted by molar-refractivity contribution is 6.03. The minimum atomic E-state index is -0.191. The first-order valence-corrected chi connectivity index (χ1v) is 9.94.